The molecule has 1 heterocycles. The zero-order valence-electron chi connectivity index (χ0n) is 17.2. The Morgan fingerprint density at radius 1 is 1.10 bits per heavy atom. The average Bonchev–Trinajstić information content (AvgIpc) is 2.74. The summed E-state index contributed by atoms with van der Waals surface area (Å²) >= 11 is 0. The van der Waals surface area contributed by atoms with Crippen molar-refractivity contribution < 1.29 is 28.6 Å². The second kappa shape index (κ2) is 9.91. The number of amides is 1. The highest BCUT2D eigenvalue weighted by molar-refractivity contribution is 6.02. The van der Waals surface area contributed by atoms with Crippen LogP contribution in [0.1, 0.15) is 35.7 Å². The van der Waals surface area contributed by atoms with Gasteiger partial charge in [0.25, 0.3) is 5.91 Å². The molecule has 1 aliphatic heterocycles. The van der Waals surface area contributed by atoms with Crippen LogP contribution in [0.3, 0.4) is 0 Å². The molecule has 0 spiro atoms. The van der Waals surface area contributed by atoms with Gasteiger partial charge in [0, 0.05) is 12.0 Å². The molecule has 0 N–H and O–H groups in total. The number of hydrogen-bond donors (Lipinski definition) is 0. The van der Waals surface area contributed by atoms with Crippen LogP contribution in [0.5, 0.6) is 11.5 Å². The third-order valence-electron chi connectivity index (χ3n) is 4.69. The van der Waals surface area contributed by atoms with Crippen molar-refractivity contribution in [2.75, 3.05) is 31.3 Å². The van der Waals surface area contributed by atoms with Gasteiger partial charge >= 0.3 is 5.97 Å². The first-order chi connectivity index (χ1) is 14.5. The summed E-state index contributed by atoms with van der Waals surface area (Å²) in [6.07, 6.45) is 0.0657. The number of esters is 1. The first-order valence-corrected chi connectivity index (χ1v) is 9.93. The van der Waals surface area contributed by atoms with Crippen LogP contribution in [0.4, 0.5) is 5.69 Å². The van der Waals surface area contributed by atoms with Gasteiger partial charge in [-0.05, 0) is 44.2 Å². The maximum Gasteiger partial charge on any atom is 0.306 e. The standard InChI is InChI=1S/C23H25NO6/c1-3-28-23(27)11-9-20(25)17-6-10-21-19(14-17)24(22(26)15-30-21)12-13-29-18-7-4-16(2)5-8-18/h4-8,10,14H,3,9,11-13,15H2,1-2H3. The van der Waals surface area contributed by atoms with Crippen LogP contribution in [0.25, 0.3) is 0 Å². The minimum atomic E-state index is -0.405. The quantitative estimate of drug-likeness (QED) is 0.465. The van der Waals surface area contributed by atoms with Crippen molar-refractivity contribution in [3.63, 3.8) is 0 Å². The fourth-order valence-electron chi connectivity index (χ4n) is 3.10. The number of anilines is 1. The van der Waals surface area contributed by atoms with E-state index in [0.29, 0.717) is 30.2 Å². The first-order valence-electron chi connectivity index (χ1n) is 9.93. The SMILES string of the molecule is CCOC(=O)CCC(=O)c1ccc2c(c1)N(CCOc1ccc(C)cc1)C(=O)CO2. The molecule has 1 amide bonds. The van der Waals surface area contributed by atoms with E-state index in [9.17, 15) is 14.4 Å². The number of benzene rings is 2. The van der Waals surface area contributed by atoms with E-state index in [-0.39, 0.29) is 37.7 Å². The third-order valence-corrected chi connectivity index (χ3v) is 4.69. The van der Waals surface area contributed by atoms with Gasteiger partial charge in [0.2, 0.25) is 0 Å². The van der Waals surface area contributed by atoms with Crippen molar-refractivity contribution in [3.8, 4) is 11.5 Å². The minimum absolute atomic E-state index is 0.0211. The maximum atomic E-state index is 12.5. The highest BCUT2D eigenvalue weighted by Gasteiger charge is 2.26. The van der Waals surface area contributed by atoms with Crippen LogP contribution in [-0.2, 0) is 14.3 Å². The van der Waals surface area contributed by atoms with Crippen LogP contribution in [0.2, 0.25) is 0 Å². The summed E-state index contributed by atoms with van der Waals surface area (Å²) in [5, 5.41) is 0. The number of fused-ring (bicyclic) bond motifs is 1. The second-order valence-corrected chi connectivity index (χ2v) is 6.91. The molecular weight excluding hydrogens is 386 g/mol. The lowest BCUT2D eigenvalue weighted by Crippen LogP contribution is -2.41. The van der Waals surface area contributed by atoms with Crippen LogP contribution in [0.15, 0.2) is 42.5 Å². The number of ether oxygens (including phenoxy) is 3. The Balaban J connectivity index is 1.67. The van der Waals surface area contributed by atoms with E-state index in [2.05, 4.69) is 0 Å². The van der Waals surface area contributed by atoms with Gasteiger partial charge in [-0.2, -0.15) is 0 Å². The molecule has 7 heteroatoms. The molecule has 2 aromatic carbocycles. The zero-order chi connectivity index (χ0) is 21.5. The predicted octanol–water partition coefficient (Wildman–Crippen LogP) is 3.33. The van der Waals surface area contributed by atoms with Crippen LogP contribution in [0, 0.1) is 6.92 Å². The van der Waals surface area contributed by atoms with Crippen LogP contribution < -0.4 is 14.4 Å². The lowest BCUT2D eigenvalue weighted by atomic mass is 10.0. The fraction of sp³-hybridized carbons (Fsp3) is 0.348. The monoisotopic (exact) mass is 411 g/mol. The van der Waals surface area contributed by atoms with Gasteiger partial charge in [-0.15, -0.1) is 0 Å². The molecule has 0 atom stereocenters. The zero-order valence-corrected chi connectivity index (χ0v) is 17.2. The number of aryl methyl sites for hydroxylation is 1. The van der Waals surface area contributed by atoms with E-state index >= 15 is 0 Å². The van der Waals surface area contributed by atoms with Crippen molar-refractivity contribution in [2.45, 2.75) is 26.7 Å². The molecule has 0 unspecified atom stereocenters. The smallest absolute Gasteiger partial charge is 0.306 e. The van der Waals surface area contributed by atoms with E-state index in [4.69, 9.17) is 14.2 Å². The Labute approximate surface area is 175 Å². The molecule has 0 aromatic heterocycles. The number of nitrogens with zero attached hydrogens (tertiary/aromatic N) is 1. The minimum Gasteiger partial charge on any atom is -0.492 e. The highest BCUT2D eigenvalue weighted by atomic mass is 16.5. The number of hydrogen-bond acceptors (Lipinski definition) is 6. The summed E-state index contributed by atoms with van der Waals surface area (Å²) in [4.78, 5) is 38.0. The Bertz CT molecular complexity index is 922. The third kappa shape index (κ3) is 5.37. The van der Waals surface area contributed by atoms with Crippen LogP contribution >= 0.6 is 0 Å². The molecular formula is C23H25NO6. The van der Waals surface area contributed by atoms with Crippen molar-refractivity contribution in [2.24, 2.45) is 0 Å². The van der Waals surface area contributed by atoms with Gasteiger partial charge in [0.05, 0.1) is 25.3 Å². The van der Waals surface area contributed by atoms with Crippen molar-refractivity contribution in [1.82, 2.24) is 0 Å². The summed E-state index contributed by atoms with van der Waals surface area (Å²) < 4.78 is 16.1. The normalized spacial score (nSPS) is 12.7. The maximum absolute atomic E-state index is 12.5. The number of rotatable bonds is 9. The molecule has 3 rings (SSSR count). The van der Waals surface area contributed by atoms with E-state index in [1.165, 1.54) is 0 Å². The van der Waals surface area contributed by atoms with Gasteiger partial charge < -0.3 is 19.1 Å². The lowest BCUT2D eigenvalue weighted by Gasteiger charge is -2.29. The molecule has 1 aliphatic rings. The van der Waals surface area contributed by atoms with Gasteiger partial charge in [0.15, 0.2) is 12.4 Å². The molecule has 0 bridgehead atoms. The molecule has 7 nitrogen and oxygen atoms in total. The number of ketones is 1. The topological polar surface area (TPSA) is 82.1 Å². The highest BCUT2D eigenvalue weighted by Crippen LogP contribution is 2.33. The van der Waals surface area contributed by atoms with E-state index in [0.717, 1.165) is 11.3 Å². The summed E-state index contributed by atoms with van der Waals surface area (Å²) in [5.41, 5.74) is 2.08. The molecule has 0 radical (unpaired) electrons. The Morgan fingerprint density at radius 2 is 1.87 bits per heavy atom. The van der Waals surface area contributed by atoms with Gasteiger partial charge in [-0.3, -0.25) is 14.4 Å². The molecule has 158 valence electrons. The van der Waals surface area contributed by atoms with E-state index < -0.39 is 5.97 Å². The van der Waals surface area contributed by atoms with E-state index in [1.54, 1.807) is 30.0 Å². The number of carbonyl (C=O) groups is 3. The molecule has 0 aliphatic carbocycles. The molecule has 0 saturated heterocycles. The van der Waals surface area contributed by atoms with Gasteiger partial charge in [0.1, 0.15) is 18.1 Å². The number of carbonyl (C=O) groups excluding carboxylic acids is 3. The van der Waals surface area contributed by atoms with E-state index in [1.807, 2.05) is 31.2 Å². The summed E-state index contributed by atoms with van der Waals surface area (Å²) in [7, 11) is 0. The molecule has 30 heavy (non-hydrogen) atoms. The Morgan fingerprint density at radius 3 is 2.60 bits per heavy atom. The molecule has 2 aromatic rings. The lowest BCUT2D eigenvalue weighted by molar-refractivity contribution is -0.143. The molecule has 0 saturated carbocycles. The summed E-state index contributed by atoms with van der Waals surface area (Å²) in [5.74, 6) is 0.458. The fourth-order valence-corrected chi connectivity index (χ4v) is 3.10. The van der Waals surface area contributed by atoms with Crippen molar-refractivity contribution >= 4 is 23.3 Å². The summed E-state index contributed by atoms with van der Waals surface area (Å²) in [6, 6.07) is 12.6. The first kappa shape index (κ1) is 21.4. The number of Topliss-reactive ketones (excluding diaryl/α,β-unsaturated/α-hetero) is 1. The van der Waals surface area contributed by atoms with Crippen molar-refractivity contribution in [1.29, 1.82) is 0 Å². The van der Waals surface area contributed by atoms with Gasteiger partial charge in [-0.1, -0.05) is 17.7 Å². The molecule has 0 fully saturated rings. The van der Waals surface area contributed by atoms with Gasteiger partial charge in [-0.25, -0.2) is 0 Å². The summed E-state index contributed by atoms with van der Waals surface area (Å²) in [6.45, 7) is 4.56. The second-order valence-electron chi connectivity index (χ2n) is 6.91. The Hall–Kier alpha value is -3.35. The largest absolute Gasteiger partial charge is 0.492 e. The predicted molar refractivity (Wildman–Crippen MR) is 111 cm³/mol. The van der Waals surface area contributed by atoms with Crippen molar-refractivity contribution in [3.05, 3.63) is 53.6 Å². The van der Waals surface area contributed by atoms with Crippen LogP contribution in [-0.4, -0.2) is 44.0 Å². The average molecular weight is 411 g/mol. The Kier molecular flexibility index (Phi) is 7.06.